The van der Waals surface area contributed by atoms with Crippen LogP contribution in [0.5, 0.6) is 0 Å². The number of unbranched alkanes of at least 4 members (excludes halogenated alkanes) is 1. The lowest BCUT2D eigenvalue weighted by molar-refractivity contribution is -0.142. The van der Waals surface area contributed by atoms with Crippen molar-refractivity contribution in [3.05, 3.63) is 0 Å². The summed E-state index contributed by atoms with van der Waals surface area (Å²) in [5, 5.41) is 14.1. The molecule has 0 aliphatic rings. The standard InChI is InChI=1S/C17H34N8O5/c18-8-2-1-5-12(16(29)30)25-15(28)11(6-7-13(20)26)24-14(27)10(19)4-3-9-23-17(21)22/h10-12H,1-9,18-19H2,(H2,20,26)(H,24,27)(H,25,28)(H,29,30)(H4,21,22,23). The molecule has 0 bridgehead atoms. The van der Waals surface area contributed by atoms with Crippen molar-refractivity contribution >= 4 is 29.7 Å². The minimum absolute atomic E-state index is 0.0735. The SMILES string of the molecule is NCCCCC(NC(=O)C(CCC(N)=O)NC(=O)C(N)CCCN=C(N)N)C(=O)O. The van der Waals surface area contributed by atoms with E-state index in [4.69, 9.17) is 28.7 Å². The summed E-state index contributed by atoms with van der Waals surface area (Å²) in [4.78, 5) is 51.1. The van der Waals surface area contributed by atoms with E-state index in [1.807, 2.05) is 0 Å². The summed E-state index contributed by atoms with van der Waals surface area (Å²) in [6.45, 7) is 0.691. The van der Waals surface area contributed by atoms with Gasteiger partial charge in [0.15, 0.2) is 5.96 Å². The summed E-state index contributed by atoms with van der Waals surface area (Å²) in [5.74, 6) is -3.31. The summed E-state index contributed by atoms with van der Waals surface area (Å²) in [7, 11) is 0. The van der Waals surface area contributed by atoms with Gasteiger partial charge >= 0.3 is 5.97 Å². The maximum absolute atomic E-state index is 12.5. The summed E-state index contributed by atoms with van der Waals surface area (Å²) < 4.78 is 0. The minimum Gasteiger partial charge on any atom is -0.480 e. The molecule has 0 radical (unpaired) electrons. The Bertz CT molecular complexity index is 609. The number of carbonyl (C=O) groups excluding carboxylic acids is 3. The molecule has 0 saturated heterocycles. The van der Waals surface area contributed by atoms with Gasteiger partial charge in [-0.15, -0.1) is 0 Å². The lowest BCUT2D eigenvalue weighted by Gasteiger charge is -2.22. The van der Waals surface area contributed by atoms with Gasteiger partial charge in [0.1, 0.15) is 12.1 Å². The monoisotopic (exact) mass is 430 g/mol. The number of nitrogens with one attached hydrogen (secondary N) is 2. The van der Waals surface area contributed by atoms with Gasteiger partial charge < -0.3 is 44.4 Å². The highest BCUT2D eigenvalue weighted by atomic mass is 16.4. The number of hydrogen-bond donors (Lipinski definition) is 8. The number of aliphatic imine (C=N–C) groups is 1. The van der Waals surface area contributed by atoms with Crippen molar-refractivity contribution in [2.24, 2.45) is 33.7 Å². The van der Waals surface area contributed by atoms with Crippen LogP contribution in [0.15, 0.2) is 4.99 Å². The third-order valence-corrected chi connectivity index (χ3v) is 4.18. The number of aliphatic carboxylic acids is 1. The largest absolute Gasteiger partial charge is 0.480 e. The molecule has 0 heterocycles. The number of hydrogen-bond acceptors (Lipinski definition) is 7. The van der Waals surface area contributed by atoms with E-state index in [-0.39, 0.29) is 38.2 Å². The van der Waals surface area contributed by atoms with E-state index in [9.17, 15) is 24.3 Å². The number of carboxylic acid groups (broad SMARTS) is 1. The molecular formula is C17H34N8O5. The summed E-state index contributed by atoms with van der Waals surface area (Å²) >= 11 is 0. The first-order chi connectivity index (χ1) is 14.1. The van der Waals surface area contributed by atoms with Gasteiger partial charge in [0.25, 0.3) is 0 Å². The first-order valence-corrected chi connectivity index (χ1v) is 9.71. The average Bonchev–Trinajstić information content (AvgIpc) is 2.66. The van der Waals surface area contributed by atoms with Crippen molar-refractivity contribution in [3.8, 4) is 0 Å². The second-order valence-corrected chi connectivity index (χ2v) is 6.81. The Morgan fingerprint density at radius 2 is 1.50 bits per heavy atom. The molecular weight excluding hydrogens is 396 g/mol. The van der Waals surface area contributed by atoms with E-state index in [1.165, 1.54) is 0 Å². The fourth-order valence-corrected chi connectivity index (χ4v) is 2.51. The molecule has 3 atom stereocenters. The summed E-state index contributed by atoms with van der Waals surface area (Å²) in [5.41, 5.74) is 26.8. The zero-order valence-corrected chi connectivity index (χ0v) is 17.0. The second-order valence-electron chi connectivity index (χ2n) is 6.81. The van der Waals surface area contributed by atoms with Crippen molar-refractivity contribution in [1.29, 1.82) is 0 Å². The molecule has 0 aliphatic carbocycles. The topological polar surface area (TPSA) is 255 Å². The number of amides is 3. The number of rotatable bonds is 16. The van der Waals surface area contributed by atoms with Crippen LogP contribution in [0.4, 0.5) is 0 Å². The van der Waals surface area contributed by atoms with E-state index < -0.39 is 41.8 Å². The third kappa shape index (κ3) is 12.5. The quantitative estimate of drug-likeness (QED) is 0.0696. The highest BCUT2D eigenvalue weighted by molar-refractivity contribution is 5.92. The molecule has 0 aromatic carbocycles. The van der Waals surface area contributed by atoms with Crippen molar-refractivity contribution in [1.82, 2.24) is 10.6 Å². The zero-order valence-electron chi connectivity index (χ0n) is 17.0. The average molecular weight is 431 g/mol. The molecule has 13 heteroatoms. The molecule has 0 fully saturated rings. The minimum atomic E-state index is -1.21. The van der Waals surface area contributed by atoms with E-state index in [0.717, 1.165) is 0 Å². The smallest absolute Gasteiger partial charge is 0.326 e. The Hall–Kier alpha value is -2.93. The van der Waals surface area contributed by atoms with Crippen LogP contribution < -0.4 is 39.3 Å². The maximum Gasteiger partial charge on any atom is 0.326 e. The normalized spacial score (nSPS) is 13.5. The number of nitrogens with two attached hydrogens (primary N) is 5. The third-order valence-electron chi connectivity index (χ3n) is 4.18. The van der Waals surface area contributed by atoms with Gasteiger partial charge in [-0.2, -0.15) is 0 Å². The van der Waals surface area contributed by atoms with Crippen LogP contribution in [0.2, 0.25) is 0 Å². The Labute approximate surface area is 175 Å². The highest BCUT2D eigenvalue weighted by Gasteiger charge is 2.27. The molecule has 30 heavy (non-hydrogen) atoms. The van der Waals surface area contributed by atoms with Crippen LogP contribution in [-0.2, 0) is 19.2 Å². The predicted molar refractivity (Wildman–Crippen MR) is 111 cm³/mol. The van der Waals surface area contributed by atoms with Crippen LogP contribution in [0.3, 0.4) is 0 Å². The lowest BCUT2D eigenvalue weighted by atomic mass is 10.1. The molecule has 3 unspecified atom stereocenters. The Balaban J connectivity index is 4.95. The molecule has 172 valence electrons. The second kappa shape index (κ2) is 15.0. The van der Waals surface area contributed by atoms with Crippen LogP contribution in [-0.4, -0.2) is 66.0 Å². The molecule has 0 aromatic rings. The molecule has 0 saturated carbocycles. The Morgan fingerprint density at radius 3 is 2.03 bits per heavy atom. The van der Waals surface area contributed by atoms with E-state index in [0.29, 0.717) is 25.8 Å². The van der Waals surface area contributed by atoms with E-state index in [2.05, 4.69) is 15.6 Å². The Morgan fingerprint density at radius 1 is 0.867 bits per heavy atom. The van der Waals surface area contributed by atoms with Crippen molar-refractivity contribution in [3.63, 3.8) is 0 Å². The fourth-order valence-electron chi connectivity index (χ4n) is 2.51. The van der Waals surface area contributed by atoms with Gasteiger partial charge in [0, 0.05) is 13.0 Å². The van der Waals surface area contributed by atoms with Crippen LogP contribution in [0.25, 0.3) is 0 Å². The van der Waals surface area contributed by atoms with Crippen molar-refractivity contribution in [2.45, 2.75) is 63.1 Å². The van der Waals surface area contributed by atoms with Crippen LogP contribution in [0, 0.1) is 0 Å². The van der Waals surface area contributed by atoms with E-state index >= 15 is 0 Å². The first-order valence-electron chi connectivity index (χ1n) is 9.71. The van der Waals surface area contributed by atoms with Gasteiger partial charge in [-0.1, -0.05) is 0 Å². The molecule has 0 spiro atoms. The van der Waals surface area contributed by atoms with Crippen LogP contribution >= 0.6 is 0 Å². The zero-order chi connectivity index (χ0) is 23.1. The predicted octanol–water partition coefficient (Wildman–Crippen LogP) is -3.18. The first kappa shape index (κ1) is 27.1. The number of guanidine groups is 1. The Kier molecular flexibility index (Phi) is 13.5. The molecule has 13 nitrogen and oxygen atoms in total. The van der Waals surface area contributed by atoms with Crippen LogP contribution in [0.1, 0.15) is 44.9 Å². The maximum atomic E-state index is 12.5. The van der Waals surface area contributed by atoms with Crippen molar-refractivity contribution in [2.75, 3.05) is 13.1 Å². The number of nitrogens with zero attached hydrogens (tertiary/aromatic N) is 1. The van der Waals surface area contributed by atoms with Gasteiger partial charge in [-0.05, 0) is 45.1 Å². The highest BCUT2D eigenvalue weighted by Crippen LogP contribution is 2.05. The van der Waals surface area contributed by atoms with Gasteiger partial charge in [-0.3, -0.25) is 19.4 Å². The molecule has 0 rings (SSSR count). The fraction of sp³-hybridized carbons (Fsp3) is 0.706. The van der Waals surface area contributed by atoms with Gasteiger partial charge in [-0.25, -0.2) is 4.79 Å². The number of carbonyl (C=O) groups is 4. The summed E-state index contributed by atoms with van der Waals surface area (Å²) in [6, 6.07) is -3.25. The molecule has 0 aromatic heterocycles. The van der Waals surface area contributed by atoms with Crippen molar-refractivity contribution < 1.29 is 24.3 Å². The number of primary amides is 1. The van der Waals surface area contributed by atoms with Gasteiger partial charge in [0.2, 0.25) is 17.7 Å². The molecule has 3 amide bonds. The molecule has 13 N–H and O–H groups in total. The van der Waals surface area contributed by atoms with E-state index in [1.54, 1.807) is 0 Å². The number of carboxylic acids is 1. The molecule has 0 aliphatic heterocycles. The van der Waals surface area contributed by atoms with Gasteiger partial charge in [0.05, 0.1) is 6.04 Å². The lowest BCUT2D eigenvalue weighted by Crippen LogP contribution is -2.54. The summed E-state index contributed by atoms with van der Waals surface area (Å²) in [6.07, 6.45) is 1.71.